The molecule has 0 saturated carbocycles. The molecular formula is C12H23N3. The molecule has 0 amide bonds. The highest BCUT2D eigenvalue weighted by molar-refractivity contribution is 5.03. The maximum absolute atomic E-state index is 4.26. The van der Waals surface area contributed by atoms with Gasteiger partial charge in [-0.3, -0.25) is 4.68 Å². The molecule has 1 heterocycles. The van der Waals surface area contributed by atoms with E-state index in [4.69, 9.17) is 0 Å². The molecule has 1 aromatic rings. The van der Waals surface area contributed by atoms with Crippen LogP contribution in [0.2, 0.25) is 0 Å². The lowest BCUT2D eigenvalue weighted by atomic mass is 10.0. The summed E-state index contributed by atoms with van der Waals surface area (Å²) in [6.45, 7) is 10.7. The Bertz CT molecular complexity index is 278. The molecule has 0 fully saturated rings. The first-order valence-electron chi connectivity index (χ1n) is 5.92. The molecule has 0 aliphatic heterocycles. The minimum absolute atomic E-state index is 0.606. The van der Waals surface area contributed by atoms with Crippen molar-refractivity contribution < 1.29 is 0 Å². The van der Waals surface area contributed by atoms with E-state index in [1.165, 1.54) is 12.0 Å². The maximum atomic E-state index is 4.26. The average molecular weight is 209 g/mol. The molecule has 1 aromatic heterocycles. The van der Waals surface area contributed by atoms with Gasteiger partial charge in [0.1, 0.15) is 0 Å². The Morgan fingerprint density at radius 3 is 2.60 bits per heavy atom. The summed E-state index contributed by atoms with van der Waals surface area (Å²) in [5, 5.41) is 7.83. The normalized spacial score (nSPS) is 13.4. The van der Waals surface area contributed by atoms with Crippen molar-refractivity contribution in [1.82, 2.24) is 15.1 Å². The molecule has 0 aliphatic carbocycles. The van der Waals surface area contributed by atoms with Crippen molar-refractivity contribution in [3.63, 3.8) is 0 Å². The number of rotatable bonds is 6. The standard InChI is InChI=1S/C12H23N3/c1-5-12(10(3)4)13-7-11-8-14-15(6-2)9-11/h8-10,12-13H,5-7H2,1-4H3. The first-order valence-corrected chi connectivity index (χ1v) is 5.92. The summed E-state index contributed by atoms with van der Waals surface area (Å²) < 4.78 is 1.97. The summed E-state index contributed by atoms with van der Waals surface area (Å²) in [5.74, 6) is 0.691. The van der Waals surface area contributed by atoms with Gasteiger partial charge in [-0.15, -0.1) is 0 Å². The van der Waals surface area contributed by atoms with E-state index in [-0.39, 0.29) is 0 Å². The quantitative estimate of drug-likeness (QED) is 0.780. The molecule has 0 aromatic carbocycles. The number of nitrogens with zero attached hydrogens (tertiary/aromatic N) is 2. The predicted octanol–water partition coefficient (Wildman–Crippen LogP) is 2.43. The molecule has 15 heavy (non-hydrogen) atoms. The Morgan fingerprint density at radius 1 is 1.40 bits per heavy atom. The van der Waals surface area contributed by atoms with Crippen molar-refractivity contribution in [2.24, 2.45) is 5.92 Å². The van der Waals surface area contributed by atoms with Crippen LogP contribution >= 0.6 is 0 Å². The van der Waals surface area contributed by atoms with E-state index in [1.54, 1.807) is 0 Å². The molecule has 0 radical (unpaired) electrons. The summed E-state index contributed by atoms with van der Waals surface area (Å²) in [4.78, 5) is 0. The van der Waals surface area contributed by atoms with Crippen LogP contribution in [0.1, 0.15) is 39.7 Å². The molecule has 0 bridgehead atoms. The monoisotopic (exact) mass is 209 g/mol. The Labute approximate surface area is 92.9 Å². The van der Waals surface area contributed by atoms with Gasteiger partial charge < -0.3 is 5.32 Å². The average Bonchev–Trinajstić information content (AvgIpc) is 2.66. The van der Waals surface area contributed by atoms with Crippen LogP contribution in [0.5, 0.6) is 0 Å². The largest absolute Gasteiger partial charge is 0.310 e. The topological polar surface area (TPSA) is 29.9 Å². The van der Waals surface area contributed by atoms with Gasteiger partial charge >= 0.3 is 0 Å². The number of aryl methyl sites for hydroxylation is 1. The molecular weight excluding hydrogens is 186 g/mol. The van der Waals surface area contributed by atoms with Crippen LogP contribution in [0.4, 0.5) is 0 Å². The van der Waals surface area contributed by atoms with Gasteiger partial charge in [0.05, 0.1) is 6.20 Å². The minimum atomic E-state index is 0.606. The zero-order valence-corrected chi connectivity index (χ0v) is 10.3. The summed E-state index contributed by atoms with van der Waals surface area (Å²) in [7, 11) is 0. The van der Waals surface area contributed by atoms with Gasteiger partial charge in [0.15, 0.2) is 0 Å². The van der Waals surface area contributed by atoms with E-state index in [2.05, 4.69) is 44.3 Å². The zero-order valence-electron chi connectivity index (χ0n) is 10.3. The minimum Gasteiger partial charge on any atom is -0.310 e. The summed E-state index contributed by atoms with van der Waals surface area (Å²) in [5.41, 5.74) is 1.27. The van der Waals surface area contributed by atoms with Gasteiger partial charge in [-0.1, -0.05) is 20.8 Å². The molecule has 86 valence electrons. The fourth-order valence-corrected chi connectivity index (χ4v) is 1.77. The molecule has 1 unspecified atom stereocenters. The van der Waals surface area contributed by atoms with Gasteiger partial charge in [-0.25, -0.2) is 0 Å². The lowest BCUT2D eigenvalue weighted by molar-refractivity contribution is 0.387. The number of hydrogen-bond donors (Lipinski definition) is 1. The lowest BCUT2D eigenvalue weighted by Crippen LogP contribution is -2.32. The second-order valence-corrected chi connectivity index (χ2v) is 4.34. The van der Waals surface area contributed by atoms with Gasteiger partial charge in [0, 0.05) is 30.9 Å². The third-order valence-corrected chi connectivity index (χ3v) is 2.82. The van der Waals surface area contributed by atoms with Crippen LogP contribution in [0, 0.1) is 5.92 Å². The Morgan fingerprint density at radius 2 is 2.13 bits per heavy atom. The van der Waals surface area contributed by atoms with Crippen molar-refractivity contribution in [3.8, 4) is 0 Å². The second kappa shape index (κ2) is 5.91. The smallest absolute Gasteiger partial charge is 0.0534 e. The first kappa shape index (κ1) is 12.2. The van der Waals surface area contributed by atoms with E-state index >= 15 is 0 Å². The van der Waals surface area contributed by atoms with E-state index in [9.17, 15) is 0 Å². The summed E-state index contributed by atoms with van der Waals surface area (Å²) in [6, 6.07) is 0.606. The van der Waals surface area contributed by atoms with Crippen molar-refractivity contribution in [2.75, 3.05) is 0 Å². The first-order chi connectivity index (χ1) is 7.17. The van der Waals surface area contributed by atoms with Crippen molar-refractivity contribution in [1.29, 1.82) is 0 Å². The highest BCUT2D eigenvalue weighted by Gasteiger charge is 2.10. The molecule has 1 N–H and O–H groups in total. The highest BCUT2D eigenvalue weighted by atomic mass is 15.3. The Kier molecular flexibility index (Phi) is 4.82. The lowest BCUT2D eigenvalue weighted by Gasteiger charge is -2.20. The molecule has 3 nitrogen and oxygen atoms in total. The molecule has 0 aliphatic rings. The van der Waals surface area contributed by atoms with E-state index in [0.29, 0.717) is 12.0 Å². The second-order valence-electron chi connectivity index (χ2n) is 4.34. The fraction of sp³-hybridized carbons (Fsp3) is 0.750. The van der Waals surface area contributed by atoms with Crippen molar-refractivity contribution >= 4 is 0 Å². The molecule has 0 spiro atoms. The molecule has 3 heteroatoms. The van der Waals surface area contributed by atoms with Crippen LogP contribution in [0.25, 0.3) is 0 Å². The van der Waals surface area contributed by atoms with Crippen LogP contribution in [0.15, 0.2) is 12.4 Å². The third kappa shape index (κ3) is 3.67. The van der Waals surface area contributed by atoms with Gasteiger partial charge in [-0.05, 0) is 19.3 Å². The third-order valence-electron chi connectivity index (χ3n) is 2.82. The van der Waals surface area contributed by atoms with Crippen molar-refractivity contribution in [2.45, 2.75) is 53.2 Å². The van der Waals surface area contributed by atoms with E-state index < -0.39 is 0 Å². The zero-order chi connectivity index (χ0) is 11.3. The molecule has 1 atom stereocenters. The summed E-state index contributed by atoms with van der Waals surface area (Å²) in [6.07, 6.45) is 5.24. The molecule has 0 saturated heterocycles. The highest BCUT2D eigenvalue weighted by Crippen LogP contribution is 2.07. The number of nitrogens with one attached hydrogen (secondary N) is 1. The van der Waals surface area contributed by atoms with Crippen molar-refractivity contribution in [3.05, 3.63) is 18.0 Å². The van der Waals surface area contributed by atoms with E-state index in [1.807, 2.05) is 10.9 Å². The molecule has 1 rings (SSSR count). The Balaban J connectivity index is 2.41. The Hall–Kier alpha value is -0.830. The van der Waals surface area contributed by atoms with Crippen LogP contribution in [0.3, 0.4) is 0 Å². The summed E-state index contributed by atoms with van der Waals surface area (Å²) >= 11 is 0. The SMILES string of the molecule is CCC(NCc1cnn(CC)c1)C(C)C. The van der Waals surface area contributed by atoms with E-state index in [0.717, 1.165) is 13.1 Å². The fourth-order valence-electron chi connectivity index (χ4n) is 1.77. The number of aromatic nitrogens is 2. The number of hydrogen-bond acceptors (Lipinski definition) is 2. The van der Waals surface area contributed by atoms with Gasteiger partial charge in [-0.2, -0.15) is 5.10 Å². The van der Waals surface area contributed by atoms with Crippen LogP contribution in [-0.2, 0) is 13.1 Å². The maximum Gasteiger partial charge on any atom is 0.0534 e. The van der Waals surface area contributed by atoms with Gasteiger partial charge in [0.25, 0.3) is 0 Å². The van der Waals surface area contributed by atoms with Crippen LogP contribution < -0.4 is 5.32 Å². The predicted molar refractivity (Wildman–Crippen MR) is 63.7 cm³/mol. The van der Waals surface area contributed by atoms with Gasteiger partial charge in [0.2, 0.25) is 0 Å². The van der Waals surface area contributed by atoms with Crippen LogP contribution in [-0.4, -0.2) is 15.8 Å².